The molecule has 3 aromatic carbocycles. The molecule has 1 heterocycles. The molecule has 0 saturated heterocycles. The lowest BCUT2D eigenvalue weighted by Crippen LogP contribution is -2.04. The number of benzene rings is 3. The minimum absolute atomic E-state index is 0.402. The molecule has 0 aliphatic rings. The second kappa shape index (κ2) is 8.79. The summed E-state index contributed by atoms with van der Waals surface area (Å²) in [6, 6.07) is 20.5. The number of rotatable bonds is 7. The first-order chi connectivity index (χ1) is 15.1. The van der Waals surface area contributed by atoms with Crippen LogP contribution >= 0.6 is 0 Å². The van der Waals surface area contributed by atoms with Crippen molar-refractivity contribution in [1.82, 2.24) is 0 Å². The minimum atomic E-state index is -0.462. The van der Waals surface area contributed by atoms with Gasteiger partial charge in [-0.25, -0.2) is 4.79 Å². The van der Waals surface area contributed by atoms with Crippen LogP contribution in [0.15, 0.2) is 82.5 Å². The van der Waals surface area contributed by atoms with E-state index in [1.807, 2.05) is 36.4 Å². The van der Waals surface area contributed by atoms with Crippen molar-refractivity contribution in [3.63, 3.8) is 0 Å². The highest BCUT2D eigenvalue weighted by Crippen LogP contribution is 2.33. The lowest BCUT2D eigenvalue weighted by Gasteiger charge is -2.11. The van der Waals surface area contributed by atoms with E-state index >= 15 is 0 Å². The third-order valence-corrected chi connectivity index (χ3v) is 5.03. The van der Waals surface area contributed by atoms with Crippen LogP contribution in [0.4, 0.5) is 0 Å². The van der Waals surface area contributed by atoms with E-state index in [-0.39, 0.29) is 0 Å². The molecular formula is C26H22O5. The highest BCUT2D eigenvalue weighted by atomic mass is 16.5. The maximum atomic E-state index is 12.7. The van der Waals surface area contributed by atoms with Crippen LogP contribution in [0.1, 0.15) is 11.1 Å². The van der Waals surface area contributed by atoms with Gasteiger partial charge >= 0.3 is 5.63 Å². The number of ether oxygens (including phenoxy) is 3. The number of fused-ring (bicyclic) bond motifs is 1. The van der Waals surface area contributed by atoms with Crippen molar-refractivity contribution in [3.8, 4) is 28.4 Å². The second-order valence-corrected chi connectivity index (χ2v) is 6.95. The van der Waals surface area contributed by atoms with Crippen LogP contribution in [0.3, 0.4) is 0 Å². The molecule has 156 valence electrons. The number of hydrogen-bond acceptors (Lipinski definition) is 5. The first kappa shape index (κ1) is 20.3. The Kier molecular flexibility index (Phi) is 5.76. The molecule has 31 heavy (non-hydrogen) atoms. The van der Waals surface area contributed by atoms with Crippen molar-refractivity contribution in [2.24, 2.45) is 0 Å². The molecular weight excluding hydrogens is 392 g/mol. The molecule has 0 bridgehead atoms. The molecule has 0 atom stereocenters. The summed E-state index contributed by atoms with van der Waals surface area (Å²) < 4.78 is 22.2. The Labute approximate surface area is 180 Å². The standard InChI is InChI=1S/C26H22O5/c1-4-17-5-7-18(8-6-17)16-30-21-10-9-19-13-23(26(27)31-25(19)15-21)22-14-20(28-2)11-12-24(22)29-3/h4-15H,1,16H2,2-3H3. The summed E-state index contributed by atoms with van der Waals surface area (Å²) in [5, 5.41) is 0.780. The van der Waals surface area contributed by atoms with Crippen molar-refractivity contribution in [3.05, 3.63) is 94.9 Å². The van der Waals surface area contributed by atoms with Crippen LogP contribution in [-0.2, 0) is 6.61 Å². The molecule has 0 radical (unpaired) electrons. The highest BCUT2D eigenvalue weighted by Gasteiger charge is 2.14. The average Bonchev–Trinajstić information content (AvgIpc) is 2.82. The van der Waals surface area contributed by atoms with Gasteiger partial charge in [-0.15, -0.1) is 0 Å². The van der Waals surface area contributed by atoms with Gasteiger partial charge in [-0.2, -0.15) is 0 Å². The summed E-state index contributed by atoms with van der Waals surface area (Å²) >= 11 is 0. The predicted octanol–water partition coefficient (Wildman–Crippen LogP) is 5.70. The van der Waals surface area contributed by atoms with Gasteiger partial charge in [0.05, 0.1) is 19.8 Å². The lowest BCUT2D eigenvalue weighted by molar-refractivity contribution is 0.306. The van der Waals surface area contributed by atoms with Crippen LogP contribution < -0.4 is 19.8 Å². The third kappa shape index (κ3) is 4.31. The van der Waals surface area contributed by atoms with Gasteiger partial charge in [0.25, 0.3) is 0 Å². The molecule has 0 unspecified atom stereocenters. The van der Waals surface area contributed by atoms with Gasteiger partial charge in [0.1, 0.15) is 29.4 Å². The van der Waals surface area contributed by atoms with Gasteiger partial charge in [0.2, 0.25) is 0 Å². The molecule has 4 aromatic rings. The molecule has 0 fully saturated rings. The predicted molar refractivity (Wildman–Crippen MR) is 122 cm³/mol. The van der Waals surface area contributed by atoms with Crippen molar-refractivity contribution >= 4 is 17.0 Å². The molecule has 0 aliphatic heterocycles. The Balaban J connectivity index is 1.63. The van der Waals surface area contributed by atoms with Crippen molar-refractivity contribution in [2.75, 3.05) is 14.2 Å². The van der Waals surface area contributed by atoms with Crippen molar-refractivity contribution < 1.29 is 18.6 Å². The van der Waals surface area contributed by atoms with Gasteiger partial charge in [0, 0.05) is 17.0 Å². The SMILES string of the molecule is C=Cc1ccc(COc2ccc3cc(-c4cc(OC)ccc4OC)c(=O)oc3c2)cc1. The Morgan fingerprint density at radius 3 is 2.35 bits per heavy atom. The summed E-state index contributed by atoms with van der Waals surface area (Å²) in [6.07, 6.45) is 1.80. The van der Waals surface area contributed by atoms with Crippen LogP contribution in [0.25, 0.3) is 28.2 Å². The lowest BCUT2D eigenvalue weighted by atomic mass is 10.0. The van der Waals surface area contributed by atoms with E-state index in [0.717, 1.165) is 16.5 Å². The molecule has 0 saturated carbocycles. The largest absolute Gasteiger partial charge is 0.497 e. The smallest absolute Gasteiger partial charge is 0.344 e. The fourth-order valence-corrected chi connectivity index (χ4v) is 3.31. The summed E-state index contributed by atoms with van der Waals surface area (Å²) in [7, 11) is 3.13. The van der Waals surface area contributed by atoms with E-state index in [0.29, 0.717) is 40.6 Å². The molecule has 5 heteroatoms. The average molecular weight is 414 g/mol. The Morgan fingerprint density at radius 1 is 0.871 bits per heavy atom. The minimum Gasteiger partial charge on any atom is -0.497 e. The zero-order valence-corrected chi connectivity index (χ0v) is 17.4. The molecule has 5 nitrogen and oxygen atoms in total. The first-order valence-corrected chi connectivity index (χ1v) is 9.76. The topological polar surface area (TPSA) is 57.9 Å². The second-order valence-electron chi connectivity index (χ2n) is 6.95. The molecule has 4 rings (SSSR count). The van der Waals surface area contributed by atoms with Gasteiger partial charge in [-0.3, -0.25) is 0 Å². The summed E-state index contributed by atoms with van der Waals surface area (Å²) in [5.41, 5.74) is 3.10. The van der Waals surface area contributed by atoms with Gasteiger partial charge in [-0.05, 0) is 47.5 Å². The van der Waals surface area contributed by atoms with E-state index in [9.17, 15) is 4.79 Å². The van der Waals surface area contributed by atoms with Crippen LogP contribution in [-0.4, -0.2) is 14.2 Å². The maximum Gasteiger partial charge on any atom is 0.344 e. The Hall–Kier alpha value is -3.99. The molecule has 0 N–H and O–H groups in total. The van der Waals surface area contributed by atoms with Crippen LogP contribution in [0, 0.1) is 0 Å². The maximum absolute atomic E-state index is 12.7. The monoisotopic (exact) mass is 414 g/mol. The fraction of sp³-hybridized carbons (Fsp3) is 0.115. The fourth-order valence-electron chi connectivity index (χ4n) is 3.31. The summed E-state index contributed by atoms with van der Waals surface area (Å²) in [5.74, 6) is 1.81. The van der Waals surface area contributed by atoms with Crippen molar-refractivity contribution in [1.29, 1.82) is 0 Å². The van der Waals surface area contributed by atoms with Crippen LogP contribution in [0.2, 0.25) is 0 Å². The van der Waals surface area contributed by atoms with Gasteiger partial charge < -0.3 is 18.6 Å². The number of methoxy groups -OCH3 is 2. The Morgan fingerprint density at radius 2 is 1.65 bits per heavy atom. The zero-order valence-electron chi connectivity index (χ0n) is 17.4. The number of hydrogen-bond donors (Lipinski definition) is 0. The normalized spacial score (nSPS) is 10.6. The van der Waals surface area contributed by atoms with Crippen molar-refractivity contribution in [2.45, 2.75) is 6.61 Å². The summed E-state index contributed by atoms with van der Waals surface area (Å²) in [4.78, 5) is 12.7. The van der Waals surface area contributed by atoms with E-state index in [1.165, 1.54) is 0 Å². The quantitative estimate of drug-likeness (QED) is 0.363. The first-order valence-electron chi connectivity index (χ1n) is 9.76. The van der Waals surface area contributed by atoms with Gasteiger partial charge in [0.15, 0.2) is 0 Å². The zero-order chi connectivity index (χ0) is 21.8. The third-order valence-electron chi connectivity index (χ3n) is 5.03. The van der Waals surface area contributed by atoms with Gasteiger partial charge in [-0.1, -0.05) is 36.9 Å². The Bertz CT molecular complexity index is 1290. The highest BCUT2D eigenvalue weighted by molar-refractivity contribution is 5.84. The van der Waals surface area contributed by atoms with Crippen LogP contribution in [0.5, 0.6) is 17.2 Å². The summed E-state index contributed by atoms with van der Waals surface area (Å²) in [6.45, 7) is 4.16. The van der Waals surface area contributed by atoms with E-state index < -0.39 is 5.63 Å². The van der Waals surface area contributed by atoms with E-state index in [2.05, 4.69) is 6.58 Å². The molecule has 0 spiro atoms. The molecule has 1 aromatic heterocycles. The van der Waals surface area contributed by atoms with E-state index in [4.69, 9.17) is 18.6 Å². The molecule has 0 aliphatic carbocycles. The van der Waals surface area contributed by atoms with E-state index in [1.54, 1.807) is 50.6 Å². The molecule has 0 amide bonds.